The zero-order valence-corrected chi connectivity index (χ0v) is 20.1. The van der Waals surface area contributed by atoms with Gasteiger partial charge in [0.2, 0.25) is 0 Å². The highest BCUT2D eigenvalue weighted by molar-refractivity contribution is 6.42. The molecule has 1 N–H and O–H groups in total. The Balaban J connectivity index is 1.81. The number of carbonyl (C=O) groups is 1. The van der Waals surface area contributed by atoms with Gasteiger partial charge in [0.1, 0.15) is 18.2 Å². The van der Waals surface area contributed by atoms with E-state index in [9.17, 15) is 10.1 Å². The van der Waals surface area contributed by atoms with Crippen LogP contribution in [0.4, 0.5) is 5.69 Å². The highest BCUT2D eigenvalue weighted by Crippen LogP contribution is 2.38. The molecule has 0 unspecified atom stereocenters. The van der Waals surface area contributed by atoms with Crippen molar-refractivity contribution in [2.24, 2.45) is 0 Å². The molecule has 0 aromatic heterocycles. The summed E-state index contributed by atoms with van der Waals surface area (Å²) < 4.78 is 11.2. The highest BCUT2D eigenvalue weighted by Gasteiger charge is 2.15. The van der Waals surface area contributed by atoms with Crippen LogP contribution in [0.2, 0.25) is 15.1 Å². The molecule has 0 radical (unpaired) electrons. The summed E-state index contributed by atoms with van der Waals surface area (Å²) in [5.74, 6) is 0.145. The molecular formula is C25H19Cl3N2O3. The number of methoxy groups -OCH3 is 1. The van der Waals surface area contributed by atoms with E-state index in [2.05, 4.69) is 5.32 Å². The first-order chi connectivity index (χ1) is 15.8. The molecule has 0 bridgehead atoms. The van der Waals surface area contributed by atoms with Gasteiger partial charge in [-0.1, -0.05) is 58.6 Å². The van der Waals surface area contributed by atoms with E-state index in [1.807, 2.05) is 25.1 Å². The number of nitriles is 1. The van der Waals surface area contributed by atoms with Crippen molar-refractivity contribution in [3.63, 3.8) is 0 Å². The van der Waals surface area contributed by atoms with Gasteiger partial charge in [0.25, 0.3) is 5.91 Å². The number of nitrogens with one attached hydrogen (secondary N) is 1. The van der Waals surface area contributed by atoms with E-state index in [-0.39, 0.29) is 17.2 Å². The predicted octanol–water partition coefficient (Wildman–Crippen LogP) is 7.09. The van der Waals surface area contributed by atoms with Crippen molar-refractivity contribution in [1.82, 2.24) is 0 Å². The Bertz CT molecular complexity index is 1250. The highest BCUT2D eigenvalue weighted by atomic mass is 35.5. The summed E-state index contributed by atoms with van der Waals surface area (Å²) >= 11 is 18.4. The summed E-state index contributed by atoms with van der Waals surface area (Å²) in [6.07, 6.45) is 1.43. The van der Waals surface area contributed by atoms with Crippen molar-refractivity contribution in [1.29, 1.82) is 5.26 Å². The largest absolute Gasteiger partial charge is 0.493 e. The molecule has 0 aliphatic rings. The third-order valence-electron chi connectivity index (χ3n) is 4.60. The van der Waals surface area contributed by atoms with Crippen molar-refractivity contribution >= 4 is 52.5 Å². The Morgan fingerprint density at radius 2 is 1.76 bits per heavy atom. The van der Waals surface area contributed by atoms with Crippen LogP contribution in [0.25, 0.3) is 6.08 Å². The van der Waals surface area contributed by atoms with Gasteiger partial charge in [-0.2, -0.15) is 5.26 Å². The van der Waals surface area contributed by atoms with Crippen LogP contribution in [0.5, 0.6) is 11.5 Å². The molecule has 0 saturated carbocycles. The van der Waals surface area contributed by atoms with Crippen LogP contribution in [0, 0.1) is 18.3 Å². The van der Waals surface area contributed by atoms with Gasteiger partial charge in [0.15, 0.2) is 11.5 Å². The molecule has 3 aromatic rings. The second-order valence-corrected chi connectivity index (χ2v) is 8.28. The van der Waals surface area contributed by atoms with Crippen molar-refractivity contribution in [2.45, 2.75) is 13.5 Å². The molecule has 0 aliphatic heterocycles. The molecule has 0 spiro atoms. The molecule has 168 valence electrons. The SMILES string of the molecule is COc1cc(/C=C(\C#N)C(=O)Nc2ccc(C)cc2)cc(Cl)c1OCc1ccc(Cl)c(Cl)c1. The molecule has 0 aliphatic carbocycles. The lowest BCUT2D eigenvalue weighted by atomic mass is 10.1. The average Bonchev–Trinajstić information content (AvgIpc) is 2.80. The van der Waals surface area contributed by atoms with Crippen LogP contribution in [0.3, 0.4) is 0 Å². The van der Waals surface area contributed by atoms with Crippen molar-refractivity contribution in [3.8, 4) is 17.6 Å². The Labute approximate surface area is 207 Å². The smallest absolute Gasteiger partial charge is 0.266 e. The number of amides is 1. The van der Waals surface area contributed by atoms with Gasteiger partial charge in [-0.05, 0) is 60.5 Å². The second kappa shape index (κ2) is 11.1. The van der Waals surface area contributed by atoms with Gasteiger partial charge in [0.05, 0.1) is 22.2 Å². The van der Waals surface area contributed by atoms with E-state index in [4.69, 9.17) is 44.3 Å². The fourth-order valence-electron chi connectivity index (χ4n) is 2.90. The lowest BCUT2D eigenvalue weighted by Gasteiger charge is -2.14. The van der Waals surface area contributed by atoms with Gasteiger partial charge in [0, 0.05) is 5.69 Å². The summed E-state index contributed by atoms with van der Waals surface area (Å²) in [6, 6.07) is 17.6. The minimum Gasteiger partial charge on any atom is -0.493 e. The number of anilines is 1. The van der Waals surface area contributed by atoms with E-state index in [1.165, 1.54) is 13.2 Å². The molecule has 0 heterocycles. The predicted molar refractivity (Wildman–Crippen MR) is 132 cm³/mol. The molecule has 0 fully saturated rings. The number of benzene rings is 3. The molecule has 5 nitrogen and oxygen atoms in total. The van der Waals surface area contributed by atoms with Gasteiger partial charge in [-0.15, -0.1) is 0 Å². The topological polar surface area (TPSA) is 71.3 Å². The summed E-state index contributed by atoms with van der Waals surface area (Å²) in [5, 5.41) is 13.3. The number of aryl methyl sites for hydroxylation is 1. The maximum absolute atomic E-state index is 12.5. The number of ether oxygens (including phenoxy) is 2. The minimum absolute atomic E-state index is 0.0850. The van der Waals surface area contributed by atoms with Gasteiger partial charge < -0.3 is 14.8 Å². The van der Waals surface area contributed by atoms with E-state index < -0.39 is 5.91 Å². The summed E-state index contributed by atoms with van der Waals surface area (Å²) in [4.78, 5) is 12.5. The van der Waals surface area contributed by atoms with E-state index in [0.29, 0.717) is 32.8 Å². The van der Waals surface area contributed by atoms with Crippen molar-refractivity contribution < 1.29 is 14.3 Å². The number of nitrogens with zero attached hydrogens (tertiary/aromatic N) is 1. The van der Waals surface area contributed by atoms with Crippen molar-refractivity contribution in [2.75, 3.05) is 12.4 Å². The van der Waals surface area contributed by atoms with Crippen LogP contribution in [-0.4, -0.2) is 13.0 Å². The second-order valence-electron chi connectivity index (χ2n) is 7.06. The number of hydrogen-bond acceptors (Lipinski definition) is 4. The Kier molecular flexibility index (Phi) is 8.24. The zero-order chi connectivity index (χ0) is 24.0. The third-order valence-corrected chi connectivity index (χ3v) is 5.62. The standard InChI is InChI=1S/C25H19Cl3N2O3/c1-15-3-6-19(7-4-15)30-25(31)18(13-29)9-17-11-22(28)24(23(12-17)32-2)33-14-16-5-8-20(26)21(27)10-16/h3-12H,14H2,1-2H3,(H,30,31)/b18-9+. The molecular weight excluding hydrogens is 483 g/mol. The minimum atomic E-state index is -0.531. The van der Waals surface area contributed by atoms with Crippen LogP contribution >= 0.6 is 34.8 Å². The van der Waals surface area contributed by atoms with E-state index in [0.717, 1.165) is 11.1 Å². The number of halogens is 3. The molecule has 1 amide bonds. The number of rotatable bonds is 7. The Hall–Kier alpha value is -3.17. The van der Waals surface area contributed by atoms with Gasteiger partial charge >= 0.3 is 0 Å². The lowest BCUT2D eigenvalue weighted by Crippen LogP contribution is -2.13. The number of hydrogen-bond donors (Lipinski definition) is 1. The van der Waals surface area contributed by atoms with E-state index in [1.54, 1.807) is 42.5 Å². The maximum Gasteiger partial charge on any atom is 0.266 e. The quantitative estimate of drug-likeness (QED) is 0.277. The van der Waals surface area contributed by atoms with Crippen LogP contribution in [0.15, 0.2) is 60.2 Å². The third kappa shape index (κ3) is 6.43. The van der Waals surface area contributed by atoms with Gasteiger partial charge in [-0.25, -0.2) is 0 Å². The molecule has 0 atom stereocenters. The monoisotopic (exact) mass is 500 g/mol. The van der Waals surface area contributed by atoms with Crippen molar-refractivity contribution in [3.05, 3.63) is 91.9 Å². The average molecular weight is 502 g/mol. The van der Waals surface area contributed by atoms with Crippen LogP contribution in [0.1, 0.15) is 16.7 Å². The van der Waals surface area contributed by atoms with Crippen LogP contribution < -0.4 is 14.8 Å². The normalized spacial score (nSPS) is 11.0. The van der Waals surface area contributed by atoms with E-state index >= 15 is 0 Å². The molecule has 8 heteroatoms. The molecule has 3 aromatic carbocycles. The van der Waals surface area contributed by atoms with Crippen LogP contribution in [-0.2, 0) is 11.4 Å². The molecule has 0 saturated heterocycles. The summed E-state index contributed by atoms with van der Waals surface area (Å²) in [6.45, 7) is 2.13. The first kappa shape index (κ1) is 24.5. The fraction of sp³-hybridized carbons (Fsp3) is 0.120. The zero-order valence-electron chi connectivity index (χ0n) is 17.8. The lowest BCUT2D eigenvalue weighted by molar-refractivity contribution is -0.112. The Morgan fingerprint density at radius 3 is 2.39 bits per heavy atom. The van der Waals surface area contributed by atoms with Gasteiger partial charge in [-0.3, -0.25) is 4.79 Å². The molecule has 33 heavy (non-hydrogen) atoms. The summed E-state index contributed by atoms with van der Waals surface area (Å²) in [5.41, 5.74) is 2.87. The first-order valence-corrected chi connectivity index (χ1v) is 10.9. The fourth-order valence-corrected chi connectivity index (χ4v) is 3.49. The first-order valence-electron chi connectivity index (χ1n) is 9.74. The Morgan fingerprint density at radius 1 is 1.03 bits per heavy atom. The molecule has 3 rings (SSSR count). The summed E-state index contributed by atoms with van der Waals surface area (Å²) in [7, 11) is 1.47. The maximum atomic E-state index is 12.5. The number of carbonyl (C=O) groups excluding carboxylic acids is 1.